The van der Waals surface area contributed by atoms with Gasteiger partial charge in [0.15, 0.2) is 0 Å². The number of aliphatic hydroxyl groups excluding tert-OH is 1. The minimum atomic E-state index is -1.43. The van der Waals surface area contributed by atoms with E-state index in [2.05, 4.69) is 25.9 Å². The molecule has 9 N–H and O–H groups in total. The second kappa shape index (κ2) is 13.5. The number of aliphatic hydroxyl groups is 1. The predicted octanol–water partition coefficient (Wildman–Crippen LogP) is 1.34. The first-order valence-corrected chi connectivity index (χ1v) is 14.1. The lowest BCUT2D eigenvalue weighted by atomic mass is 10.0. The van der Waals surface area contributed by atoms with Gasteiger partial charge in [-0.1, -0.05) is 50.2 Å². The summed E-state index contributed by atoms with van der Waals surface area (Å²) in [6, 6.07) is 10.1. The van der Waals surface area contributed by atoms with Gasteiger partial charge in [0.05, 0.1) is 12.1 Å². The molecule has 2 heterocycles. The summed E-state index contributed by atoms with van der Waals surface area (Å²) in [4.78, 5) is 57.9. The van der Waals surface area contributed by atoms with Crippen molar-refractivity contribution < 1.29 is 29.4 Å². The van der Waals surface area contributed by atoms with Crippen LogP contribution in [-0.2, 0) is 32.0 Å². The highest BCUT2D eigenvalue weighted by molar-refractivity contribution is 5.95. The Hall–Kier alpha value is -4.68. The molecule has 0 radical (unpaired) electrons. The molecule has 3 amide bonds. The number of amides is 3. The molecule has 5 atom stereocenters. The summed E-state index contributed by atoms with van der Waals surface area (Å²) in [5.41, 5.74) is 9.45. The SMILES string of the molecule is CC(C)C(NC(=O)C(Cc1c[nH]c2ccccc12)NC(=O)C(NC(=O)C(N)Cc1c[nH]c2ccccc12)C(C)O)C(=O)O. The van der Waals surface area contributed by atoms with Gasteiger partial charge >= 0.3 is 5.97 Å². The molecule has 4 rings (SSSR count). The van der Waals surface area contributed by atoms with Gasteiger partial charge in [-0.05, 0) is 42.5 Å². The van der Waals surface area contributed by atoms with Gasteiger partial charge < -0.3 is 41.9 Å². The molecule has 0 spiro atoms. The molecule has 2 aromatic heterocycles. The van der Waals surface area contributed by atoms with Crippen LogP contribution in [0.3, 0.4) is 0 Å². The highest BCUT2D eigenvalue weighted by Crippen LogP contribution is 2.20. The monoisotopic (exact) mass is 590 g/mol. The molecule has 228 valence electrons. The van der Waals surface area contributed by atoms with Crippen molar-refractivity contribution in [3.63, 3.8) is 0 Å². The van der Waals surface area contributed by atoms with E-state index >= 15 is 0 Å². The molecule has 5 unspecified atom stereocenters. The number of hydrogen-bond donors (Lipinski definition) is 8. The lowest BCUT2D eigenvalue weighted by Gasteiger charge is -2.27. The van der Waals surface area contributed by atoms with Crippen LogP contribution in [-0.4, -0.2) is 74.1 Å². The average molecular weight is 591 g/mol. The maximum Gasteiger partial charge on any atom is 0.326 e. The van der Waals surface area contributed by atoms with Crippen LogP contribution >= 0.6 is 0 Å². The number of benzene rings is 2. The number of nitrogens with two attached hydrogens (primary N) is 1. The van der Waals surface area contributed by atoms with Crippen molar-refractivity contribution in [2.75, 3.05) is 0 Å². The van der Waals surface area contributed by atoms with E-state index in [1.807, 2.05) is 48.5 Å². The molecule has 2 aromatic carbocycles. The van der Waals surface area contributed by atoms with E-state index in [4.69, 9.17) is 5.73 Å². The first-order chi connectivity index (χ1) is 20.5. The van der Waals surface area contributed by atoms with Crippen LogP contribution in [0.5, 0.6) is 0 Å². The van der Waals surface area contributed by atoms with Gasteiger partial charge in [0.2, 0.25) is 17.7 Å². The summed E-state index contributed by atoms with van der Waals surface area (Å²) >= 11 is 0. The van der Waals surface area contributed by atoms with Gasteiger partial charge in [-0.2, -0.15) is 0 Å². The van der Waals surface area contributed by atoms with Crippen LogP contribution in [0.2, 0.25) is 0 Å². The fraction of sp³-hybridized carbons (Fsp3) is 0.355. The Balaban J connectivity index is 1.51. The first-order valence-electron chi connectivity index (χ1n) is 14.1. The summed E-state index contributed by atoms with van der Waals surface area (Å²) in [5.74, 6) is -3.83. The highest BCUT2D eigenvalue weighted by Gasteiger charge is 2.33. The van der Waals surface area contributed by atoms with Crippen molar-refractivity contribution in [1.29, 1.82) is 0 Å². The Morgan fingerprint density at radius 3 is 1.77 bits per heavy atom. The molecule has 0 aliphatic rings. The van der Waals surface area contributed by atoms with Crippen LogP contribution in [0, 0.1) is 5.92 Å². The molecule has 4 aromatic rings. The molecule has 0 saturated carbocycles. The molecule has 43 heavy (non-hydrogen) atoms. The second-order valence-electron chi connectivity index (χ2n) is 11.1. The van der Waals surface area contributed by atoms with Crippen molar-refractivity contribution in [1.82, 2.24) is 25.9 Å². The molecule has 0 saturated heterocycles. The van der Waals surface area contributed by atoms with Crippen LogP contribution in [0.25, 0.3) is 21.8 Å². The van der Waals surface area contributed by atoms with Crippen molar-refractivity contribution in [3.8, 4) is 0 Å². The molecular formula is C31H38N6O6. The summed E-state index contributed by atoms with van der Waals surface area (Å²) < 4.78 is 0. The smallest absolute Gasteiger partial charge is 0.326 e. The van der Waals surface area contributed by atoms with Gasteiger partial charge in [0.25, 0.3) is 0 Å². The van der Waals surface area contributed by atoms with E-state index in [9.17, 15) is 29.4 Å². The number of H-pyrrole nitrogens is 2. The quantitative estimate of drug-likeness (QED) is 0.115. The van der Waals surface area contributed by atoms with Crippen molar-refractivity contribution >= 4 is 45.5 Å². The number of para-hydroxylation sites is 2. The first kappa shape index (κ1) is 31.3. The lowest BCUT2D eigenvalue weighted by molar-refractivity contribution is -0.143. The topological polar surface area (TPSA) is 202 Å². The molecule has 0 aliphatic carbocycles. The van der Waals surface area contributed by atoms with E-state index in [0.29, 0.717) is 5.56 Å². The van der Waals surface area contributed by atoms with E-state index in [-0.39, 0.29) is 12.8 Å². The van der Waals surface area contributed by atoms with Crippen LogP contribution in [0.15, 0.2) is 60.9 Å². The second-order valence-corrected chi connectivity index (χ2v) is 11.1. The van der Waals surface area contributed by atoms with Gasteiger partial charge in [-0.25, -0.2) is 4.79 Å². The largest absolute Gasteiger partial charge is 0.480 e. The zero-order valence-electron chi connectivity index (χ0n) is 24.3. The predicted molar refractivity (Wildman–Crippen MR) is 162 cm³/mol. The van der Waals surface area contributed by atoms with E-state index in [0.717, 1.165) is 27.4 Å². The molecule has 0 bridgehead atoms. The third-order valence-corrected chi connectivity index (χ3v) is 7.48. The maximum atomic E-state index is 13.5. The van der Waals surface area contributed by atoms with Gasteiger partial charge in [-0.15, -0.1) is 0 Å². The van der Waals surface area contributed by atoms with Crippen molar-refractivity contribution in [3.05, 3.63) is 72.1 Å². The zero-order valence-corrected chi connectivity index (χ0v) is 24.3. The Morgan fingerprint density at radius 1 is 0.744 bits per heavy atom. The lowest BCUT2D eigenvalue weighted by Crippen LogP contribution is -2.60. The summed E-state index contributed by atoms with van der Waals surface area (Å²) in [7, 11) is 0. The number of hydrogen-bond acceptors (Lipinski definition) is 6. The van der Waals surface area contributed by atoms with E-state index in [1.54, 1.807) is 26.2 Å². The van der Waals surface area contributed by atoms with Gasteiger partial charge in [0, 0.05) is 40.6 Å². The number of carboxylic acid groups (broad SMARTS) is 1. The number of carboxylic acids is 1. The Kier molecular flexibility index (Phi) is 9.84. The number of aromatic amines is 2. The highest BCUT2D eigenvalue weighted by atomic mass is 16.4. The van der Waals surface area contributed by atoms with Gasteiger partial charge in [-0.3, -0.25) is 14.4 Å². The van der Waals surface area contributed by atoms with Crippen LogP contribution in [0.1, 0.15) is 31.9 Å². The number of aromatic nitrogens is 2. The minimum absolute atomic E-state index is 0.0204. The number of rotatable bonds is 13. The number of carbonyl (C=O) groups is 4. The molecule has 0 fully saturated rings. The Labute approximate surface area is 248 Å². The standard InChI is InChI=1S/C31H38N6O6/c1-16(2)26(31(42)43)36-29(40)25(13-19-15-34-24-11-7-5-9-21(19)24)35-30(41)27(17(3)38)37-28(39)22(32)12-18-14-33-23-10-6-4-8-20(18)23/h4-11,14-17,22,25-27,33-34,38H,12-13,32H2,1-3H3,(H,35,41)(H,36,40)(H,37,39)(H,42,43). The van der Waals surface area contributed by atoms with E-state index in [1.165, 1.54) is 6.92 Å². The number of nitrogens with one attached hydrogen (secondary N) is 5. The minimum Gasteiger partial charge on any atom is -0.480 e. The Morgan fingerprint density at radius 2 is 1.26 bits per heavy atom. The fourth-order valence-corrected chi connectivity index (χ4v) is 5.05. The van der Waals surface area contributed by atoms with E-state index < -0.39 is 59.9 Å². The molecule has 12 heteroatoms. The average Bonchev–Trinajstić information content (AvgIpc) is 3.57. The fourth-order valence-electron chi connectivity index (χ4n) is 5.05. The van der Waals surface area contributed by atoms with Gasteiger partial charge in [0.1, 0.15) is 18.1 Å². The maximum absolute atomic E-state index is 13.5. The molecular weight excluding hydrogens is 552 g/mol. The zero-order chi connectivity index (χ0) is 31.3. The normalized spacial score (nSPS) is 15.0. The summed E-state index contributed by atoms with van der Waals surface area (Å²) in [6.07, 6.45) is 2.36. The molecule has 0 aliphatic heterocycles. The number of fused-ring (bicyclic) bond motifs is 2. The number of carbonyl (C=O) groups excluding carboxylic acids is 3. The third kappa shape index (κ3) is 7.40. The number of aliphatic carboxylic acids is 1. The molecule has 12 nitrogen and oxygen atoms in total. The third-order valence-electron chi connectivity index (χ3n) is 7.48. The van der Waals surface area contributed by atoms with Crippen molar-refractivity contribution in [2.24, 2.45) is 11.7 Å². The van der Waals surface area contributed by atoms with Crippen molar-refractivity contribution in [2.45, 2.75) is 63.9 Å². The Bertz CT molecular complexity index is 1610. The summed E-state index contributed by atoms with van der Waals surface area (Å²) in [5, 5.41) is 29.5. The van der Waals surface area contributed by atoms with Crippen LogP contribution in [0.4, 0.5) is 0 Å². The van der Waals surface area contributed by atoms with Crippen LogP contribution < -0.4 is 21.7 Å². The summed E-state index contributed by atoms with van der Waals surface area (Å²) in [6.45, 7) is 4.65.